The van der Waals surface area contributed by atoms with Gasteiger partial charge in [0, 0.05) is 11.2 Å². The molecule has 3 N–H and O–H groups in total. The van der Waals surface area contributed by atoms with Crippen molar-refractivity contribution < 1.29 is 14.5 Å². The van der Waals surface area contributed by atoms with Gasteiger partial charge in [-0.3, -0.25) is 25.8 Å². The lowest BCUT2D eigenvalue weighted by molar-refractivity contribution is -0.383. The molecule has 11 nitrogen and oxygen atoms in total. The van der Waals surface area contributed by atoms with Gasteiger partial charge in [0.2, 0.25) is 11.6 Å². The van der Waals surface area contributed by atoms with Gasteiger partial charge in [-0.2, -0.15) is 0 Å². The van der Waals surface area contributed by atoms with E-state index in [9.17, 15) is 14.9 Å². The zero-order chi connectivity index (χ0) is 21.5. The van der Waals surface area contributed by atoms with Crippen LogP contribution in [0.4, 0.5) is 23.1 Å². The average Bonchev–Trinajstić information content (AvgIpc) is 2.72. The summed E-state index contributed by atoms with van der Waals surface area (Å²) in [7, 11) is 0. The van der Waals surface area contributed by atoms with Crippen molar-refractivity contribution in [3.05, 3.63) is 69.1 Å². The topological polar surface area (TPSA) is 144 Å². The van der Waals surface area contributed by atoms with Gasteiger partial charge in [0.05, 0.1) is 9.95 Å². The second-order valence-corrected chi connectivity index (χ2v) is 6.40. The highest BCUT2D eigenvalue weighted by Gasteiger charge is 2.24. The van der Waals surface area contributed by atoms with Crippen LogP contribution >= 0.6 is 23.2 Å². The number of benzene rings is 1. The Morgan fingerprint density at radius 3 is 2.63 bits per heavy atom. The summed E-state index contributed by atoms with van der Waals surface area (Å²) in [5.41, 5.74) is 4.18. The first-order valence-corrected chi connectivity index (χ1v) is 9.00. The number of amides is 1. The molecule has 0 saturated heterocycles. The summed E-state index contributed by atoms with van der Waals surface area (Å²) >= 11 is 11.8. The Morgan fingerprint density at radius 2 is 1.93 bits per heavy atom. The van der Waals surface area contributed by atoms with Gasteiger partial charge in [-0.05, 0) is 30.3 Å². The largest absolute Gasteiger partial charge is 0.482 e. The van der Waals surface area contributed by atoms with E-state index >= 15 is 0 Å². The lowest BCUT2D eigenvalue weighted by Crippen LogP contribution is -2.34. The van der Waals surface area contributed by atoms with Crippen molar-refractivity contribution >= 4 is 52.3 Å². The van der Waals surface area contributed by atoms with E-state index in [1.807, 2.05) is 0 Å². The molecule has 13 heteroatoms. The van der Waals surface area contributed by atoms with E-state index in [0.29, 0.717) is 10.8 Å². The van der Waals surface area contributed by atoms with Gasteiger partial charge in [-0.1, -0.05) is 29.3 Å². The van der Waals surface area contributed by atoms with Gasteiger partial charge in [0.15, 0.2) is 6.61 Å². The molecule has 1 aromatic carbocycles. The minimum absolute atomic E-state index is 0.102. The maximum atomic E-state index is 12.0. The molecular formula is C17H13Cl2N7O4. The van der Waals surface area contributed by atoms with Crippen LogP contribution in [0.25, 0.3) is 0 Å². The quantitative estimate of drug-likeness (QED) is 0.348. The maximum absolute atomic E-state index is 12.0. The zero-order valence-corrected chi connectivity index (χ0v) is 16.5. The smallest absolute Gasteiger partial charge is 0.355 e. The number of ether oxygens (including phenoxy) is 1. The summed E-state index contributed by atoms with van der Waals surface area (Å²) in [5, 5.41) is 14.9. The van der Waals surface area contributed by atoms with Crippen molar-refractivity contribution in [2.45, 2.75) is 0 Å². The molecule has 0 bridgehead atoms. The number of rotatable bonds is 8. The van der Waals surface area contributed by atoms with Gasteiger partial charge >= 0.3 is 5.69 Å². The molecule has 0 radical (unpaired) electrons. The molecule has 0 atom stereocenters. The van der Waals surface area contributed by atoms with Crippen molar-refractivity contribution in [3.8, 4) is 5.75 Å². The SMILES string of the molecule is O=C(COc1ccc(Cl)cc1Cl)NNc1ncnc(Nc2ccccn2)c1[N+](=O)[O-]. The Hall–Kier alpha value is -3.70. The Bertz CT molecular complexity index is 1070. The molecule has 2 aromatic heterocycles. The number of hydrazine groups is 1. The molecule has 2 heterocycles. The monoisotopic (exact) mass is 449 g/mol. The fourth-order valence-electron chi connectivity index (χ4n) is 2.19. The number of hydrogen-bond donors (Lipinski definition) is 3. The van der Waals surface area contributed by atoms with Crippen LogP contribution in [0.15, 0.2) is 48.9 Å². The van der Waals surface area contributed by atoms with Crippen molar-refractivity contribution in [1.82, 2.24) is 20.4 Å². The van der Waals surface area contributed by atoms with E-state index in [-0.39, 0.29) is 22.4 Å². The molecule has 154 valence electrons. The van der Waals surface area contributed by atoms with Crippen LogP contribution in [0.2, 0.25) is 10.0 Å². The Labute approximate surface area is 179 Å². The molecule has 0 unspecified atom stereocenters. The summed E-state index contributed by atoms with van der Waals surface area (Å²) in [5.74, 6) is -0.359. The predicted octanol–water partition coefficient (Wildman–Crippen LogP) is 3.35. The Morgan fingerprint density at radius 1 is 1.13 bits per heavy atom. The normalized spacial score (nSPS) is 10.2. The first-order valence-electron chi connectivity index (χ1n) is 8.24. The van der Waals surface area contributed by atoms with Crippen molar-refractivity contribution in [2.24, 2.45) is 0 Å². The van der Waals surface area contributed by atoms with Crippen LogP contribution in [0.1, 0.15) is 0 Å². The number of pyridine rings is 1. The van der Waals surface area contributed by atoms with Crippen LogP contribution in [-0.4, -0.2) is 32.4 Å². The van der Waals surface area contributed by atoms with Crippen LogP contribution in [-0.2, 0) is 4.79 Å². The Kier molecular flexibility index (Phi) is 6.78. The van der Waals surface area contributed by atoms with Gasteiger partial charge in [-0.25, -0.2) is 15.0 Å². The number of hydrogen-bond acceptors (Lipinski definition) is 9. The second kappa shape index (κ2) is 9.67. The maximum Gasteiger partial charge on any atom is 0.355 e. The number of nitro groups is 1. The minimum Gasteiger partial charge on any atom is -0.482 e. The minimum atomic E-state index is -0.691. The molecule has 0 fully saturated rings. The van der Waals surface area contributed by atoms with Crippen LogP contribution in [0.5, 0.6) is 5.75 Å². The molecule has 0 saturated carbocycles. The van der Waals surface area contributed by atoms with Crippen LogP contribution in [0.3, 0.4) is 0 Å². The van der Waals surface area contributed by atoms with E-state index in [1.54, 1.807) is 24.3 Å². The summed E-state index contributed by atoms with van der Waals surface area (Å²) < 4.78 is 5.29. The Balaban J connectivity index is 1.66. The number of aromatic nitrogens is 3. The van der Waals surface area contributed by atoms with Crippen molar-refractivity contribution in [1.29, 1.82) is 0 Å². The van der Waals surface area contributed by atoms with E-state index < -0.39 is 23.1 Å². The van der Waals surface area contributed by atoms with Gasteiger partial charge < -0.3 is 10.1 Å². The van der Waals surface area contributed by atoms with Crippen molar-refractivity contribution in [2.75, 3.05) is 17.3 Å². The van der Waals surface area contributed by atoms with Crippen LogP contribution in [0, 0.1) is 10.1 Å². The lowest BCUT2D eigenvalue weighted by atomic mass is 10.3. The highest BCUT2D eigenvalue weighted by atomic mass is 35.5. The van der Waals surface area contributed by atoms with Crippen molar-refractivity contribution in [3.63, 3.8) is 0 Å². The van der Waals surface area contributed by atoms with Gasteiger partial charge in [0.25, 0.3) is 5.91 Å². The van der Waals surface area contributed by atoms with E-state index in [4.69, 9.17) is 27.9 Å². The third-order valence-electron chi connectivity index (χ3n) is 3.49. The zero-order valence-electron chi connectivity index (χ0n) is 15.0. The lowest BCUT2D eigenvalue weighted by Gasteiger charge is -2.11. The van der Waals surface area contributed by atoms with Crippen LogP contribution < -0.4 is 20.9 Å². The summed E-state index contributed by atoms with van der Waals surface area (Å²) in [6.45, 7) is -0.410. The van der Waals surface area contributed by atoms with E-state index in [2.05, 4.69) is 31.1 Å². The van der Waals surface area contributed by atoms with Gasteiger partial charge in [-0.15, -0.1) is 0 Å². The number of anilines is 3. The van der Waals surface area contributed by atoms with Gasteiger partial charge in [0.1, 0.15) is 17.9 Å². The molecule has 30 heavy (non-hydrogen) atoms. The second-order valence-electron chi connectivity index (χ2n) is 5.55. The van der Waals surface area contributed by atoms with E-state index in [0.717, 1.165) is 6.33 Å². The summed E-state index contributed by atoms with van der Waals surface area (Å²) in [6.07, 6.45) is 2.61. The molecule has 0 spiro atoms. The molecule has 0 aliphatic rings. The molecule has 3 aromatic rings. The highest BCUT2D eigenvalue weighted by molar-refractivity contribution is 6.35. The number of carbonyl (C=O) groups is 1. The predicted molar refractivity (Wildman–Crippen MR) is 110 cm³/mol. The fourth-order valence-corrected chi connectivity index (χ4v) is 2.66. The average molecular weight is 450 g/mol. The standard InChI is InChI=1S/C17H13Cl2N7O4/c18-10-4-5-12(11(19)7-10)30-8-14(27)24-25-17-15(26(28)29)16(21-9-22-17)23-13-3-1-2-6-20-13/h1-7,9H,8H2,(H,24,27)(H2,20,21,22,23,25). The highest BCUT2D eigenvalue weighted by Crippen LogP contribution is 2.30. The molecule has 0 aliphatic heterocycles. The third-order valence-corrected chi connectivity index (χ3v) is 4.02. The third kappa shape index (κ3) is 5.43. The number of nitrogens with one attached hydrogen (secondary N) is 3. The number of nitrogens with zero attached hydrogens (tertiary/aromatic N) is 4. The molecule has 3 rings (SSSR count). The molecule has 0 aliphatic carbocycles. The van der Waals surface area contributed by atoms with E-state index in [1.165, 1.54) is 18.3 Å². The number of halogens is 2. The molecule has 1 amide bonds. The summed E-state index contributed by atoms with van der Waals surface area (Å²) in [4.78, 5) is 34.5. The first-order chi connectivity index (χ1) is 14.4. The summed E-state index contributed by atoms with van der Waals surface area (Å²) in [6, 6.07) is 9.54. The number of carbonyl (C=O) groups excluding carboxylic acids is 1. The molecular weight excluding hydrogens is 437 g/mol. The fraction of sp³-hybridized carbons (Fsp3) is 0.0588. The first kappa shape index (κ1) is 21.0.